The number of anilines is 2. The minimum Gasteiger partial charge on any atom is -0.388 e. The third-order valence-corrected chi connectivity index (χ3v) is 3.44. The van der Waals surface area contributed by atoms with Gasteiger partial charge in [0.05, 0.1) is 5.60 Å². The molecular weight excluding hydrogens is 252 g/mol. The van der Waals surface area contributed by atoms with Crippen LogP contribution in [0.4, 0.5) is 11.6 Å². The van der Waals surface area contributed by atoms with Crippen LogP contribution in [0.5, 0.6) is 0 Å². The maximum Gasteiger partial charge on any atom is 0.136 e. The Balaban J connectivity index is 2.03. The van der Waals surface area contributed by atoms with Gasteiger partial charge in [-0.3, -0.25) is 0 Å². The summed E-state index contributed by atoms with van der Waals surface area (Å²) in [5.74, 6) is 3.50. The highest BCUT2D eigenvalue weighted by molar-refractivity contribution is 5.48. The lowest BCUT2D eigenvalue weighted by atomic mass is 9.94. The Morgan fingerprint density at radius 3 is 2.55 bits per heavy atom. The van der Waals surface area contributed by atoms with Gasteiger partial charge in [-0.05, 0) is 32.1 Å². The van der Waals surface area contributed by atoms with Crippen molar-refractivity contribution in [1.29, 1.82) is 0 Å². The quantitative estimate of drug-likeness (QED) is 0.715. The van der Waals surface area contributed by atoms with Crippen LogP contribution in [0.15, 0.2) is 6.07 Å². The predicted molar refractivity (Wildman–Crippen MR) is 82.1 cm³/mol. The lowest BCUT2D eigenvalue weighted by Crippen LogP contribution is -2.35. The fraction of sp³-hybridized carbons (Fsp3) is 0.733. The van der Waals surface area contributed by atoms with Crippen LogP contribution in [0.25, 0.3) is 0 Å². The van der Waals surface area contributed by atoms with E-state index in [1.807, 2.05) is 20.0 Å². The molecule has 3 N–H and O–H groups in total. The topological polar surface area (TPSA) is 70.1 Å². The third kappa shape index (κ3) is 4.34. The lowest BCUT2D eigenvalue weighted by Gasteiger charge is -2.26. The van der Waals surface area contributed by atoms with Crippen LogP contribution in [-0.2, 0) is 0 Å². The Bertz CT molecular complexity index is 455. The first kappa shape index (κ1) is 15.0. The summed E-state index contributed by atoms with van der Waals surface area (Å²) in [6.07, 6.45) is 3.12. The SMILES string of the molecule is CNc1cc(NCC(C)(O)CC(C)C)nc(C2CC2)n1. The van der Waals surface area contributed by atoms with Gasteiger partial charge in [0.2, 0.25) is 0 Å². The molecule has 5 heteroatoms. The smallest absolute Gasteiger partial charge is 0.136 e. The maximum absolute atomic E-state index is 10.3. The molecule has 112 valence electrons. The maximum atomic E-state index is 10.3. The zero-order valence-electron chi connectivity index (χ0n) is 12.9. The molecule has 20 heavy (non-hydrogen) atoms. The van der Waals surface area contributed by atoms with Crippen molar-refractivity contribution >= 4 is 11.6 Å². The van der Waals surface area contributed by atoms with Crippen molar-refractivity contribution in [2.75, 3.05) is 24.2 Å². The predicted octanol–water partition coefficient (Wildman–Crippen LogP) is 2.60. The van der Waals surface area contributed by atoms with Crippen molar-refractivity contribution in [1.82, 2.24) is 9.97 Å². The van der Waals surface area contributed by atoms with E-state index < -0.39 is 5.60 Å². The van der Waals surface area contributed by atoms with E-state index >= 15 is 0 Å². The molecule has 1 aromatic heterocycles. The molecule has 0 bridgehead atoms. The molecule has 2 rings (SSSR count). The van der Waals surface area contributed by atoms with Gasteiger partial charge in [-0.15, -0.1) is 0 Å². The van der Waals surface area contributed by atoms with Crippen LogP contribution in [0.2, 0.25) is 0 Å². The first-order valence-corrected chi connectivity index (χ1v) is 7.42. The summed E-state index contributed by atoms with van der Waals surface area (Å²) in [5, 5.41) is 16.7. The fourth-order valence-electron chi connectivity index (χ4n) is 2.44. The van der Waals surface area contributed by atoms with E-state index in [4.69, 9.17) is 0 Å². The molecule has 0 saturated heterocycles. The summed E-state index contributed by atoms with van der Waals surface area (Å²) in [6, 6.07) is 1.89. The number of nitrogens with zero attached hydrogens (tertiary/aromatic N) is 2. The van der Waals surface area contributed by atoms with Crippen molar-refractivity contribution < 1.29 is 5.11 Å². The summed E-state index contributed by atoms with van der Waals surface area (Å²) >= 11 is 0. The first-order chi connectivity index (χ1) is 9.39. The second-order valence-electron chi connectivity index (χ2n) is 6.47. The van der Waals surface area contributed by atoms with E-state index in [1.54, 1.807) is 0 Å². The second kappa shape index (κ2) is 5.95. The molecule has 1 aromatic rings. The summed E-state index contributed by atoms with van der Waals surface area (Å²) in [6.45, 7) is 6.59. The van der Waals surface area contributed by atoms with Gasteiger partial charge < -0.3 is 15.7 Å². The average Bonchev–Trinajstić information content (AvgIpc) is 3.19. The Morgan fingerprint density at radius 2 is 2.00 bits per heavy atom. The molecule has 1 unspecified atom stereocenters. The van der Waals surface area contributed by atoms with Crippen molar-refractivity contribution in [2.24, 2.45) is 5.92 Å². The monoisotopic (exact) mass is 278 g/mol. The van der Waals surface area contributed by atoms with E-state index in [9.17, 15) is 5.11 Å². The third-order valence-electron chi connectivity index (χ3n) is 3.44. The van der Waals surface area contributed by atoms with Gasteiger partial charge in [0, 0.05) is 25.6 Å². The summed E-state index contributed by atoms with van der Waals surface area (Å²) in [7, 11) is 1.86. The highest BCUT2D eigenvalue weighted by Gasteiger charge is 2.28. The number of aromatic nitrogens is 2. The van der Waals surface area contributed by atoms with Crippen LogP contribution < -0.4 is 10.6 Å². The summed E-state index contributed by atoms with van der Waals surface area (Å²) in [5.41, 5.74) is -0.724. The van der Waals surface area contributed by atoms with Crippen LogP contribution in [0, 0.1) is 5.92 Å². The van der Waals surface area contributed by atoms with E-state index in [2.05, 4.69) is 34.4 Å². The van der Waals surface area contributed by atoms with E-state index in [0.29, 0.717) is 18.4 Å². The molecule has 1 fully saturated rings. The molecule has 5 nitrogen and oxygen atoms in total. The van der Waals surface area contributed by atoms with Crippen molar-refractivity contribution in [3.05, 3.63) is 11.9 Å². The molecule has 0 aliphatic heterocycles. The number of rotatable bonds is 7. The molecule has 0 spiro atoms. The van der Waals surface area contributed by atoms with Crippen LogP contribution in [0.1, 0.15) is 51.8 Å². The Hall–Kier alpha value is -1.36. The van der Waals surface area contributed by atoms with Gasteiger partial charge in [-0.25, -0.2) is 9.97 Å². The molecule has 1 aliphatic rings. The number of nitrogens with one attached hydrogen (secondary N) is 2. The number of aliphatic hydroxyl groups is 1. The number of hydrogen-bond donors (Lipinski definition) is 3. The second-order valence-corrected chi connectivity index (χ2v) is 6.47. The molecule has 0 aromatic carbocycles. The Morgan fingerprint density at radius 1 is 1.35 bits per heavy atom. The minimum atomic E-state index is -0.724. The van der Waals surface area contributed by atoms with Crippen molar-refractivity contribution in [3.63, 3.8) is 0 Å². The molecular formula is C15H26N4O. The van der Waals surface area contributed by atoms with Gasteiger partial charge in [-0.2, -0.15) is 0 Å². The van der Waals surface area contributed by atoms with Crippen LogP contribution in [0.3, 0.4) is 0 Å². The molecule has 1 heterocycles. The highest BCUT2D eigenvalue weighted by Crippen LogP contribution is 2.38. The van der Waals surface area contributed by atoms with Crippen LogP contribution >= 0.6 is 0 Å². The lowest BCUT2D eigenvalue weighted by molar-refractivity contribution is 0.0514. The minimum absolute atomic E-state index is 0.465. The molecule has 1 aliphatic carbocycles. The molecule has 1 atom stereocenters. The van der Waals surface area contributed by atoms with Gasteiger partial charge in [0.25, 0.3) is 0 Å². The Labute approximate surface area is 121 Å². The van der Waals surface area contributed by atoms with Crippen molar-refractivity contribution in [2.45, 2.75) is 51.6 Å². The molecule has 0 amide bonds. The highest BCUT2D eigenvalue weighted by atomic mass is 16.3. The first-order valence-electron chi connectivity index (χ1n) is 7.42. The van der Waals surface area contributed by atoms with Gasteiger partial charge in [0.1, 0.15) is 17.5 Å². The summed E-state index contributed by atoms with van der Waals surface area (Å²) in [4.78, 5) is 9.03. The fourth-order valence-corrected chi connectivity index (χ4v) is 2.44. The Kier molecular flexibility index (Phi) is 4.48. The molecule has 1 saturated carbocycles. The van der Waals surface area contributed by atoms with E-state index in [1.165, 1.54) is 12.8 Å². The van der Waals surface area contributed by atoms with E-state index in [0.717, 1.165) is 23.9 Å². The van der Waals surface area contributed by atoms with Crippen LogP contribution in [-0.4, -0.2) is 34.3 Å². The van der Waals surface area contributed by atoms with E-state index in [-0.39, 0.29) is 0 Å². The standard InChI is InChI=1S/C15H26N4O/c1-10(2)8-15(3,20)9-17-13-7-12(16-4)18-14(19-13)11-5-6-11/h7,10-11,20H,5-6,8-9H2,1-4H3,(H2,16,17,18,19). The van der Waals surface area contributed by atoms with Gasteiger partial charge in [-0.1, -0.05) is 13.8 Å². The average molecular weight is 278 g/mol. The zero-order chi connectivity index (χ0) is 14.8. The zero-order valence-corrected chi connectivity index (χ0v) is 12.9. The normalized spacial score (nSPS) is 17.9. The summed E-state index contributed by atoms with van der Waals surface area (Å²) < 4.78 is 0. The molecule has 0 radical (unpaired) electrons. The van der Waals surface area contributed by atoms with Crippen molar-refractivity contribution in [3.8, 4) is 0 Å². The number of hydrogen-bond acceptors (Lipinski definition) is 5. The van der Waals surface area contributed by atoms with Gasteiger partial charge >= 0.3 is 0 Å². The largest absolute Gasteiger partial charge is 0.388 e. The van der Waals surface area contributed by atoms with Gasteiger partial charge in [0.15, 0.2) is 0 Å².